The highest BCUT2D eigenvalue weighted by atomic mass is 32.2. The topological polar surface area (TPSA) is 72.9 Å². The van der Waals surface area contributed by atoms with Crippen molar-refractivity contribution in [2.45, 2.75) is 95.7 Å². The minimum absolute atomic E-state index is 0.0201. The SMILES string of the molecule is C[C@H]1CC23Cc4ccc(OS(C)(=O)=O)cc4C4(CCCCC4C2N1C(=O)OC(C)(C)C)C3. The molecule has 32 heavy (non-hydrogen) atoms. The Morgan fingerprint density at radius 2 is 1.97 bits per heavy atom. The second-order valence-corrected chi connectivity index (χ2v) is 13.3. The number of carbonyl (C=O) groups excluding carboxylic acids is 1. The predicted molar refractivity (Wildman–Crippen MR) is 122 cm³/mol. The molecule has 2 spiro atoms. The maximum atomic E-state index is 13.4. The molecule has 0 radical (unpaired) electrons. The molecule has 2 saturated carbocycles. The van der Waals surface area contributed by atoms with Crippen LogP contribution < -0.4 is 4.18 Å². The van der Waals surface area contributed by atoms with Crippen LogP contribution in [0.25, 0.3) is 0 Å². The summed E-state index contributed by atoms with van der Waals surface area (Å²) in [6.07, 6.45) is 8.39. The summed E-state index contributed by atoms with van der Waals surface area (Å²) in [4.78, 5) is 15.4. The fourth-order valence-corrected chi connectivity index (χ4v) is 8.26. The van der Waals surface area contributed by atoms with Gasteiger partial charge in [-0.2, -0.15) is 8.42 Å². The Morgan fingerprint density at radius 3 is 2.66 bits per heavy atom. The fourth-order valence-electron chi connectivity index (χ4n) is 7.80. The Hall–Kier alpha value is -1.76. The van der Waals surface area contributed by atoms with Gasteiger partial charge in [-0.1, -0.05) is 18.9 Å². The monoisotopic (exact) mass is 461 g/mol. The van der Waals surface area contributed by atoms with Crippen LogP contribution >= 0.6 is 0 Å². The zero-order valence-electron chi connectivity index (χ0n) is 19.8. The highest BCUT2D eigenvalue weighted by Gasteiger charge is 2.70. The second-order valence-electron chi connectivity index (χ2n) is 11.7. The molecule has 4 aliphatic rings. The van der Waals surface area contributed by atoms with E-state index in [0.717, 1.165) is 44.8 Å². The van der Waals surface area contributed by atoms with E-state index < -0.39 is 15.7 Å². The number of ether oxygens (including phenoxy) is 1. The van der Waals surface area contributed by atoms with Gasteiger partial charge in [0.1, 0.15) is 11.4 Å². The van der Waals surface area contributed by atoms with Crippen LogP contribution in [0.15, 0.2) is 18.2 Å². The van der Waals surface area contributed by atoms with Crippen molar-refractivity contribution >= 4 is 16.2 Å². The molecule has 3 fully saturated rings. The van der Waals surface area contributed by atoms with E-state index in [2.05, 4.69) is 17.9 Å². The van der Waals surface area contributed by atoms with Gasteiger partial charge in [0.2, 0.25) is 0 Å². The molecule has 7 heteroatoms. The van der Waals surface area contributed by atoms with E-state index in [0.29, 0.717) is 11.7 Å². The van der Waals surface area contributed by atoms with Gasteiger partial charge in [0.05, 0.1) is 6.26 Å². The molecule has 1 amide bonds. The third-order valence-electron chi connectivity index (χ3n) is 8.26. The largest absolute Gasteiger partial charge is 0.444 e. The summed E-state index contributed by atoms with van der Waals surface area (Å²) in [5, 5.41) is 0. The standard InChI is InChI=1S/C25H35NO5S/c1-16-13-24-14-17-9-10-18(31-32(5,28)29)12-20(17)25(15-24)11-7-6-8-19(25)21(24)26(16)22(27)30-23(2,3)4/h9-10,12,16,19,21H,6-8,11,13-15H2,1-5H3/t16-,19?,21?,24?,25?/m0/s1. The average molecular weight is 462 g/mol. The van der Waals surface area contributed by atoms with Crippen LogP contribution in [0.2, 0.25) is 0 Å². The van der Waals surface area contributed by atoms with E-state index in [1.165, 1.54) is 17.5 Å². The Bertz CT molecular complexity index is 1060. The maximum Gasteiger partial charge on any atom is 0.410 e. The zero-order valence-corrected chi connectivity index (χ0v) is 20.6. The van der Waals surface area contributed by atoms with E-state index in [4.69, 9.17) is 8.92 Å². The third-order valence-corrected chi connectivity index (χ3v) is 8.76. The number of hydrogen-bond donors (Lipinski definition) is 0. The van der Waals surface area contributed by atoms with Gasteiger partial charge in [0, 0.05) is 17.5 Å². The molecule has 1 aromatic carbocycles. The van der Waals surface area contributed by atoms with Gasteiger partial charge in [0.15, 0.2) is 0 Å². The van der Waals surface area contributed by atoms with Crippen molar-refractivity contribution in [1.82, 2.24) is 4.90 Å². The minimum Gasteiger partial charge on any atom is -0.444 e. The molecule has 0 N–H and O–H groups in total. The molecule has 1 aromatic rings. The molecule has 0 aromatic heterocycles. The summed E-state index contributed by atoms with van der Waals surface area (Å²) in [7, 11) is -3.58. The summed E-state index contributed by atoms with van der Waals surface area (Å²) in [5.41, 5.74) is 2.07. The summed E-state index contributed by atoms with van der Waals surface area (Å²) >= 11 is 0. The van der Waals surface area contributed by atoms with Crippen molar-refractivity contribution < 1.29 is 22.1 Å². The van der Waals surface area contributed by atoms with Gasteiger partial charge in [-0.25, -0.2) is 4.79 Å². The summed E-state index contributed by atoms with van der Waals surface area (Å²) in [6.45, 7) is 7.95. The van der Waals surface area contributed by atoms with E-state index in [-0.39, 0.29) is 29.0 Å². The number of fused-ring (bicyclic) bond motifs is 2. The van der Waals surface area contributed by atoms with Crippen LogP contribution in [0, 0.1) is 11.3 Å². The minimum atomic E-state index is -3.58. The fraction of sp³-hybridized carbons (Fsp3) is 0.720. The molecular formula is C25H35NO5S. The summed E-state index contributed by atoms with van der Waals surface area (Å²) < 4.78 is 34.6. The van der Waals surface area contributed by atoms with E-state index >= 15 is 0 Å². The lowest BCUT2D eigenvalue weighted by molar-refractivity contribution is 0.00377. The van der Waals surface area contributed by atoms with Crippen molar-refractivity contribution in [1.29, 1.82) is 0 Å². The highest BCUT2D eigenvalue weighted by molar-refractivity contribution is 7.86. The molecule has 1 aliphatic heterocycles. The molecule has 5 rings (SSSR count). The molecule has 5 atom stereocenters. The van der Waals surface area contributed by atoms with Gasteiger partial charge < -0.3 is 13.8 Å². The van der Waals surface area contributed by atoms with Crippen LogP contribution in [0.1, 0.15) is 77.3 Å². The van der Waals surface area contributed by atoms with Crippen molar-refractivity contribution in [2.24, 2.45) is 11.3 Å². The average Bonchev–Trinajstić information content (AvgIpc) is 3.03. The van der Waals surface area contributed by atoms with Crippen molar-refractivity contribution in [2.75, 3.05) is 6.26 Å². The number of likely N-dealkylation sites (tertiary alicyclic amines) is 1. The summed E-state index contributed by atoms with van der Waals surface area (Å²) in [5.74, 6) is 0.763. The molecule has 6 nitrogen and oxygen atoms in total. The first-order valence-electron chi connectivity index (χ1n) is 11.9. The molecule has 1 heterocycles. The van der Waals surface area contributed by atoms with E-state index in [1.54, 1.807) is 6.07 Å². The molecule has 3 aliphatic carbocycles. The molecule has 1 saturated heterocycles. The quantitative estimate of drug-likeness (QED) is 0.592. The van der Waals surface area contributed by atoms with Gasteiger partial charge in [-0.05, 0) is 94.4 Å². The van der Waals surface area contributed by atoms with Gasteiger partial charge in [0.25, 0.3) is 0 Å². The number of hydrogen-bond acceptors (Lipinski definition) is 5. The Kier molecular flexibility index (Phi) is 4.74. The van der Waals surface area contributed by atoms with Gasteiger partial charge in [-0.3, -0.25) is 0 Å². The first-order valence-corrected chi connectivity index (χ1v) is 13.7. The van der Waals surface area contributed by atoms with Gasteiger partial charge >= 0.3 is 16.2 Å². The van der Waals surface area contributed by atoms with Crippen molar-refractivity contribution in [3.8, 4) is 5.75 Å². The summed E-state index contributed by atoms with van der Waals surface area (Å²) in [6, 6.07) is 6.15. The third kappa shape index (κ3) is 3.34. The number of carbonyl (C=O) groups is 1. The van der Waals surface area contributed by atoms with Crippen LogP contribution in [0.5, 0.6) is 5.75 Å². The molecule has 2 bridgehead atoms. The normalized spacial score (nSPS) is 35.7. The number of amides is 1. The van der Waals surface area contributed by atoms with Crippen LogP contribution in [-0.2, 0) is 26.7 Å². The zero-order chi connectivity index (χ0) is 23.1. The van der Waals surface area contributed by atoms with Crippen LogP contribution in [0.3, 0.4) is 0 Å². The smallest absolute Gasteiger partial charge is 0.410 e. The van der Waals surface area contributed by atoms with E-state index in [1.807, 2.05) is 26.8 Å². The van der Waals surface area contributed by atoms with Crippen molar-refractivity contribution in [3.05, 3.63) is 29.3 Å². The van der Waals surface area contributed by atoms with E-state index in [9.17, 15) is 13.2 Å². The second kappa shape index (κ2) is 6.87. The van der Waals surface area contributed by atoms with Crippen LogP contribution in [-0.4, -0.2) is 43.4 Å². The lowest BCUT2D eigenvalue weighted by Crippen LogP contribution is -2.50. The Balaban J connectivity index is 1.59. The molecule has 176 valence electrons. The van der Waals surface area contributed by atoms with Gasteiger partial charge in [-0.15, -0.1) is 0 Å². The lowest BCUT2D eigenvalue weighted by Gasteiger charge is -2.46. The Labute approximate surface area is 191 Å². The maximum absolute atomic E-state index is 13.4. The molecule has 4 unspecified atom stereocenters. The lowest BCUT2D eigenvalue weighted by atomic mass is 9.59. The first-order chi connectivity index (χ1) is 14.8. The predicted octanol–water partition coefficient (Wildman–Crippen LogP) is 4.80. The number of nitrogens with zero attached hydrogens (tertiary/aromatic N) is 1. The Morgan fingerprint density at radius 1 is 1.22 bits per heavy atom. The van der Waals surface area contributed by atoms with Crippen molar-refractivity contribution in [3.63, 3.8) is 0 Å². The molecular weight excluding hydrogens is 426 g/mol. The van der Waals surface area contributed by atoms with Crippen LogP contribution in [0.4, 0.5) is 4.79 Å². The highest BCUT2D eigenvalue weighted by Crippen LogP contribution is 2.70. The first kappa shape index (κ1) is 22.1. The number of rotatable bonds is 2. The number of benzene rings is 1.